The summed E-state index contributed by atoms with van der Waals surface area (Å²) >= 11 is 6.02. The van der Waals surface area contributed by atoms with Gasteiger partial charge in [0.05, 0.1) is 17.2 Å². The molecule has 0 bridgehead atoms. The average molecular weight is 392 g/mol. The zero-order chi connectivity index (χ0) is 19.7. The summed E-state index contributed by atoms with van der Waals surface area (Å²) < 4.78 is 6.01. The number of amides is 2. The third kappa shape index (κ3) is 3.27. The Balaban J connectivity index is 1.67. The highest BCUT2D eigenvalue weighted by Gasteiger charge is 2.40. The van der Waals surface area contributed by atoms with Crippen molar-refractivity contribution in [3.8, 4) is 5.75 Å². The van der Waals surface area contributed by atoms with Gasteiger partial charge < -0.3 is 4.74 Å². The SMILES string of the molecule is Cc1cc(Cl)ccc1OC[C@@H](c1ccccc1)N1C(=O)c2ccccc2C1=O. The largest absolute Gasteiger partial charge is 0.491 e. The van der Waals surface area contributed by atoms with Crippen LogP contribution in [0, 0.1) is 6.92 Å². The van der Waals surface area contributed by atoms with Gasteiger partial charge in [0.15, 0.2) is 0 Å². The van der Waals surface area contributed by atoms with Gasteiger partial charge in [-0.3, -0.25) is 14.5 Å². The molecule has 0 saturated heterocycles. The van der Waals surface area contributed by atoms with Crippen molar-refractivity contribution in [2.45, 2.75) is 13.0 Å². The molecule has 0 N–H and O–H groups in total. The van der Waals surface area contributed by atoms with Crippen LogP contribution in [0.25, 0.3) is 0 Å². The Morgan fingerprint density at radius 3 is 2.11 bits per heavy atom. The Morgan fingerprint density at radius 1 is 0.893 bits per heavy atom. The molecule has 1 aliphatic heterocycles. The Hall–Kier alpha value is -3.11. The average Bonchev–Trinajstić information content (AvgIpc) is 2.96. The summed E-state index contributed by atoms with van der Waals surface area (Å²) in [7, 11) is 0. The van der Waals surface area contributed by atoms with E-state index < -0.39 is 6.04 Å². The minimum Gasteiger partial charge on any atom is -0.491 e. The second-order valence-electron chi connectivity index (χ2n) is 6.67. The highest BCUT2D eigenvalue weighted by atomic mass is 35.5. The number of imide groups is 1. The molecule has 0 radical (unpaired) electrons. The van der Waals surface area contributed by atoms with Crippen molar-refractivity contribution in [3.63, 3.8) is 0 Å². The maximum Gasteiger partial charge on any atom is 0.262 e. The number of fused-ring (bicyclic) bond motifs is 1. The van der Waals surface area contributed by atoms with Gasteiger partial charge in [-0.05, 0) is 48.4 Å². The first-order valence-electron chi connectivity index (χ1n) is 8.97. The van der Waals surface area contributed by atoms with E-state index in [4.69, 9.17) is 16.3 Å². The zero-order valence-electron chi connectivity index (χ0n) is 15.3. The number of ether oxygens (including phenoxy) is 1. The van der Waals surface area contributed by atoms with Crippen LogP contribution >= 0.6 is 11.6 Å². The first kappa shape index (κ1) is 18.3. The van der Waals surface area contributed by atoms with E-state index in [1.807, 2.05) is 43.3 Å². The molecule has 1 atom stereocenters. The number of carbonyl (C=O) groups is 2. The van der Waals surface area contributed by atoms with Crippen molar-refractivity contribution in [1.82, 2.24) is 4.90 Å². The quantitative estimate of drug-likeness (QED) is 0.571. The van der Waals surface area contributed by atoms with E-state index in [0.717, 1.165) is 11.1 Å². The van der Waals surface area contributed by atoms with Gasteiger partial charge in [0.2, 0.25) is 0 Å². The van der Waals surface area contributed by atoms with Gasteiger partial charge in [0, 0.05) is 5.02 Å². The van der Waals surface area contributed by atoms with Crippen LogP contribution in [0.15, 0.2) is 72.8 Å². The van der Waals surface area contributed by atoms with Gasteiger partial charge in [-0.15, -0.1) is 0 Å². The van der Waals surface area contributed by atoms with Crippen molar-refractivity contribution in [2.24, 2.45) is 0 Å². The van der Waals surface area contributed by atoms with Crippen molar-refractivity contribution in [2.75, 3.05) is 6.61 Å². The fraction of sp³-hybridized carbons (Fsp3) is 0.130. The molecule has 140 valence electrons. The molecule has 4 nitrogen and oxygen atoms in total. The molecule has 0 saturated carbocycles. The summed E-state index contributed by atoms with van der Waals surface area (Å²) in [6, 6.07) is 21.2. The molecule has 5 heteroatoms. The second kappa shape index (κ2) is 7.49. The number of halogens is 1. The maximum absolute atomic E-state index is 13.0. The van der Waals surface area contributed by atoms with Crippen LogP contribution in [0.5, 0.6) is 5.75 Å². The number of benzene rings is 3. The van der Waals surface area contributed by atoms with Gasteiger partial charge in [-0.2, -0.15) is 0 Å². The third-order valence-electron chi connectivity index (χ3n) is 4.86. The Kier molecular flexibility index (Phi) is 4.88. The number of carbonyl (C=O) groups excluding carboxylic acids is 2. The first-order valence-corrected chi connectivity index (χ1v) is 9.35. The molecular weight excluding hydrogens is 374 g/mol. The highest BCUT2D eigenvalue weighted by Crippen LogP contribution is 2.32. The summed E-state index contributed by atoms with van der Waals surface area (Å²) in [6.07, 6.45) is 0. The number of nitrogens with zero attached hydrogens (tertiary/aromatic N) is 1. The molecule has 0 fully saturated rings. The summed E-state index contributed by atoms with van der Waals surface area (Å²) in [5.74, 6) is 0.0682. The summed E-state index contributed by atoms with van der Waals surface area (Å²) in [6.45, 7) is 2.05. The molecule has 0 aliphatic carbocycles. The zero-order valence-corrected chi connectivity index (χ0v) is 16.0. The fourth-order valence-corrected chi connectivity index (χ4v) is 3.66. The third-order valence-corrected chi connectivity index (χ3v) is 5.09. The van der Waals surface area contributed by atoms with E-state index in [0.29, 0.717) is 21.9 Å². The Bertz CT molecular complexity index is 1010. The molecule has 0 spiro atoms. The maximum atomic E-state index is 13.0. The highest BCUT2D eigenvalue weighted by molar-refractivity contribution is 6.30. The molecule has 3 aromatic carbocycles. The second-order valence-corrected chi connectivity index (χ2v) is 7.11. The van der Waals surface area contributed by atoms with E-state index in [2.05, 4.69) is 0 Å². The molecule has 4 rings (SSSR count). The number of aryl methyl sites for hydroxylation is 1. The van der Waals surface area contributed by atoms with Crippen LogP contribution in [0.2, 0.25) is 5.02 Å². The molecule has 1 aliphatic rings. The molecule has 1 heterocycles. The van der Waals surface area contributed by atoms with Crippen LogP contribution in [0.3, 0.4) is 0 Å². The number of rotatable bonds is 5. The van der Waals surface area contributed by atoms with E-state index in [-0.39, 0.29) is 18.4 Å². The van der Waals surface area contributed by atoms with Gasteiger partial charge in [-0.1, -0.05) is 54.1 Å². The molecular formula is C23H18ClNO3. The lowest BCUT2D eigenvalue weighted by molar-refractivity contribution is 0.0529. The molecule has 0 unspecified atom stereocenters. The normalized spacial score (nSPS) is 14.1. The fourth-order valence-electron chi connectivity index (χ4n) is 3.43. The van der Waals surface area contributed by atoms with Gasteiger partial charge in [0.25, 0.3) is 11.8 Å². The molecule has 0 aromatic heterocycles. The molecule has 28 heavy (non-hydrogen) atoms. The van der Waals surface area contributed by atoms with E-state index in [9.17, 15) is 9.59 Å². The Labute approximate surface area is 168 Å². The van der Waals surface area contributed by atoms with Crippen LogP contribution in [-0.2, 0) is 0 Å². The van der Waals surface area contributed by atoms with Gasteiger partial charge >= 0.3 is 0 Å². The van der Waals surface area contributed by atoms with Crippen molar-refractivity contribution < 1.29 is 14.3 Å². The standard InChI is InChI=1S/C23H18ClNO3/c1-15-13-17(24)11-12-21(15)28-14-20(16-7-3-2-4-8-16)25-22(26)18-9-5-6-10-19(18)23(25)27/h2-13,20H,14H2,1H3/t20-/m0/s1. The predicted octanol–water partition coefficient (Wildman–Crippen LogP) is 5.06. The molecule has 3 aromatic rings. The van der Waals surface area contributed by atoms with Crippen LogP contribution in [-0.4, -0.2) is 23.3 Å². The lowest BCUT2D eigenvalue weighted by Gasteiger charge is -2.27. The monoisotopic (exact) mass is 391 g/mol. The smallest absolute Gasteiger partial charge is 0.262 e. The number of hydrogen-bond donors (Lipinski definition) is 0. The van der Waals surface area contributed by atoms with Gasteiger partial charge in [-0.25, -0.2) is 0 Å². The summed E-state index contributed by atoms with van der Waals surface area (Å²) in [4.78, 5) is 27.3. The van der Waals surface area contributed by atoms with Crippen LogP contribution in [0.4, 0.5) is 0 Å². The minimum absolute atomic E-state index is 0.151. The van der Waals surface area contributed by atoms with Crippen LogP contribution < -0.4 is 4.74 Å². The van der Waals surface area contributed by atoms with Crippen molar-refractivity contribution in [3.05, 3.63) is 100 Å². The van der Waals surface area contributed by atoms with Gasteiger partial charge in [0.1, 0.15) is 12.4 Å². The lowest BCUT2D eigenvalue weighted by Crippen LogP contribution is -2.37. The van der Waals surface area contributed by atoms with Crippen molar-refractivity contribution >= 4 is 23.4 Å². The lowest BCUT2D eigenvalue weighted by atomic mass is 10.1. The minimum atomic E-state index is -0.538. The van der Waals surface area contributed by atoms with Crippen molar-refractivity contribution in [1.29, 1.82) is 0 Å². The molecule has 2 amide bonds. The van der Waals surface area contributed by atoms with E-state index in [1.54, 1.807) is 36.4 Å². The Morgan fingerprint density at radius 2 is 1.50 bits per heavy atom. The van der Waals surface area contributed by atoms with E-state index in [1.165, 1.54) is 4.90 Å². The topological polar surface area (TPSA) is 46.6 Å². The van der Waals surface area contributed by atoms with Crippen LogP contribution in [0.1, 0.15) is 37.9 Å². The predicted molar refractivity (Wildman–Crippen MR) is 108 cm³/mol. The summed E-state index contributed by atoms with van der Waals surface area (Å²) in [5, 5.41) is 0.629. The first-order chi connectivity index (χ1) is 13.6. The number of hydrogen-bond acceptors (Lipinski definition) is 3. The summed E-state index contributed by atoms with van der Waals surface area (Å²) in [5.41, 5.74) is 2.58. The van der Waals surface area contributed by atoms with E-state index >= 15 is 0 Å².